The van der Waals surface area contributed by atoms with E-state index < -0.39 is 17.8 Å². The van der Waals surface area contributed by atoms with Crippen LogP contribution in [0.15, 0.2) is 77.7 Å². The number of ether oxygens (including phenoxy) is 1. The summed E-state index contributed by atoms with van der Waals surface area (Å²) in [4.78, 5) is 29.2. The highest BCUT2D eigenvalue weighted by Crippen LogP contribution is 2.34. The smallest absolute Gasteiger partial charge is 0.418 e. The molecular formula is C24H19F3N4O3. The molecule has 0 saturated heterocycles. The molecule has 0 spiro atoms. The van der Waals surface area contributed by atoms with Crippen LogP contribution in [0.25, 0.3) is 5.65 Å². The Kier molecular flexibility index (Phi) is 6.22. The number of amides is 2. The number of hydrogen-bond donors (Lipinski definition) is 2. The summed E-state index contributed by atoms with van der Waals surface area (Å²) in [5, 5.41) is 4.71. The van der Waals surface area contributed by atoms with Gasteiger partial charge in [-0.25, -0.2) is 9.78 Å². The topological polar surface area (TPSA) is 84.7 Å². The highest BCUT2D eigenvalue weighted by atomic mass is 19.4. The SMILES string of the molecule is Cc1cccn2c(=O)cc(COc3ccccc3NC(=O)Nc3ccccc3C(F)(F)F)nc12. The van der Waals surface area contributed by atoms with Crippen LogP contribution >= 0.6 is 0 Å². The first-order chi connectivity index (χ1) is 16.2. The molecule has 0 aliphatic rings. The summed E-state index contributed by atoms with van der Waals surface area (Å²) in [7, 11) is 0. The van der Waals surface area contributed by atoms with Crippen LogP contribution in [0, 0.1) is 6.92 Å². The summed E-state index contributed by atoms with van der Waals surface area (Å²) in [6.07, 6.45) is -2.99. The predicted octanol–water partition coefficient (Wildman–Crippen LogP) is 5.24. The largest absolute Gasteiger partial charge is 0.485 e. The van der Waals surface area contributed by atoms with Crippen LogP contribution in [0.3, 0.4) is 0 Å². The van der Waals surface area contributed by atoms with Crippen molar-refractivity contribution < 1.29 is 22.7 Å². The number of nitrogens with one attached hydrogen (secondary N) is 2. The minimum absolute atomic E-state index is 0.0582. The van der Waals surface area contributed by atoms with Crippen molar-refractivity contribution >= 4 is 23.1 Å². The second kappa shape index (κ2) is 9.26. The number of para-hydroxylation sites is 3. The summed E-state index contributed by atoms with van der Waals surface area (Å²) >= 11 is 0. The van der Waals surface area contributed by atoms with E-state index in [-0.39, 0.29) is 29.3 Å². The number of alkyl halides is 3. The summed E-state index contributed by atoms with van der Waals surface area (Å²) in [6.45, 7) is 1.78. The molecule has 10 heteroatoms. The highest BCUT2D eigenvalue weighted by Gasteiger charge is 2.33. The van der Waals surface area contributed by atoms with Crippen LogP contribution in [0.4, 0.5) is 29.3 Å². The first-order valence-electron chi connectivity index (χ1n) is 10.2. The van der Waals surface area contributed by atoms with Gasteiger partial charge < -0.3 is 15.4 Å². The van der Waals surface area contributed by atoms with Gasteiger partial charge in [-0.05, 0) is 42.8 Å². The number of halogens is 3. The Hall–Kier alpha value is -4.34. The molecule has 4 aromatic rings. The van der Waals surface area contributed by atoms with Crippen molar-refractivity contribution in [2.75, 3.05) is 10.6 Å². The zero-order valence-electron chi connectivity index (χ0n) is 17.9. The number of aryl methyl sites for hydroxylation is 1. The molecule has 2 N–H and O–H groups in total. The first-order valence-corrected chi connectivity index (χ1v) is 10.2. The lowest BCUT2D eigenvalue weighted by Crippen LogP contribution is -2.22. The lowest BCUT2D eigenvalue weighted by molar-refractivity contribution is -0.136. The van der Waals surface area contributed by atoms with E-state index in [2.05, 4.69) is 15.6 Å². The average Bonchev–Trinajstić information content (AvgIpc) is 2.79. The monoisotopic (exact) mass is 468 g/mol. The third-order valence-corrected chi connectivity index (χ3v) is 4.93. The Bertz CT molecular complexity index is 1420. The van der Waals surface area contributed by atoms with Gasteiger partial charge in [-0.15, -0.1) is 0 Å². The average molecular weight is 468 g/mol. The second-order valence-corrected chi connectivity index (χ2v) is 7.38. The van der Waals surface area contributed by atoms with Gasteiger partial charge in [0.2, 0.25) is 0 Å². The number of hydrogen-bond acceptors (Lipinski definition) is 4. The Morgan fingerprint density at radius 3 is 2.44 bits per heavy atom. The fourth-order valence-corrected chi connectivity index (χ4v) is 3.35. The molecule has 0 fully saturated rings. The Labute approximate surface area is 191 Å². The molecule has 7 nitrogen and oxygen atoms in total. The molecular weight excluding hydrogens is 449 g/mol. The maximum absolute atomic E-state index is 13.2. The molecule has 0 unspecified atom stereocenters. The standard InChI is InChI=1S/C24H19F3N4O3/c1-15-7-6-12-31-21(32)13-16(28-22(15)31)14-34-20-11-5-4-10-19(20)30-23(33)29-18-9-3-2-8-17(18)24(25,26)27/h2-13H,14H2,1H3,(H2,29,30,33). The highest BCUT2D eigenvalue weighted by molar-refractivity contribution is 6.01. The number of carbonyl (C=O) groups is 1. The number of pyridine rings is 1. The van der Waals surface area contributed by atoms with E-state index in [1.807, 2.05) is 13.0 Å². The molecule has 0 saturated carbocycles. The van der Waals surface area contributed by atoms with Crippen LogP contribution in [0.1, 0.15) is 16.8 Å². The molecule has 0 aliphatic heterocycles. The third kappa shape index (κ3) is 5.01. The summed E-state index contributed by atoms with van der Waals surface area (Å²) in [6, 6.07) is 15.2. The number of anilines is 2. The van der Waals surface area contributed by atoms with Gasteiger partial charge in [0, 0.05) is 12.3 Å². The van der Waals surface area contributed by atoms with Crippen LogP contribution in [0.2, 0.25) is 0 Å². The van der Waals surface area contributed by atoms with Crippen molar-refractivity contribution in [2.45, 2.75) is 19.7 Å². The van der Waals surface area contributed by atoms with E-state index in [4.69, 9.17) is 4.74 Å². The lowest BCUT2D eigenvalue weighted by Gasteiger charge is -2.15. The van der Waals surface area contributed by atoms with Gasteiger partial charge in [-0.2, -0.15) is 13.2 Å². The molecule has 0 bridgehead atoms. The van der Waals surface area contributed by atoms with Gasteiger partial charge in [0.25, 0.3) is 5.56 Å². The molecule has 174 valence electrons. The fraction of sp³-hybridized carbons (Fsp3) is 0.125. The molecule has 2 amide bonds. The number of urea groups is 1. The van der Waals surface area contributed by atoms with Gasteiger partial charge in [0.05, 0.1) is 22.6 Å². The maximum atomic E-state index is 13.2. The van der Waals surface area contributed by atoms with Crippen LogP contribution in [-0.2, 0) is 12.8 Å². The normalized spacial score (nSPS) is 11.3. The Morgan fingerprint density at radius 2 is 1.68 bits per heavy atom. The third-order valence-electron chi connectivity index (χ3n) is 4.93. The van der Waals surface area contributed by atoms with Crippen molar-refractivity contribution in [3.8, 4) is 5.75 Å². The van der Waals surface area contributed by atoms with Gasteiger partial charge in [0.15, 0.2) is 0 Å². The van der Waals surface area contributed by atoms with Gasteiger partial charge in [-0.1, -0.05) is 30.3 Å². The summed E-state index contributed by atoms with van der Waals surface area (Å²) in [5.41, 5.74) is 0.347. The maximum Gasteiger partial charge on any atom is 0.418 e. The number of carbonyl (C=O) groups excluding carboxylic acids is 1. The van der Waals surface area contributed by atoms with Crippen molar-refractivity contribution in [3.05, 3.63) is 100 Å². The predicted molar refractivity (Wildman–Crippen MR) is 121 cm³/mol. The zero-order chi connectivity index (χ0) is 24.3. The molecule has 0 aliphatic carbocycles. The van der Waals surface area contributed by atoms with E-state index in [1.54, 1.807) is 30.5 Å². The molecule has 0 radical (unpaired) electrons. The van der Waals surface area contributed by atoms with E-state index >= 15 is 0 Å². The molecule has 4 rings (SSSR count). The van der Waals surface area contributed by atoms with Crippen LogP contribution < -0.4 is 20.9 Å². The number of nitrogens with zero attached hydrogens (tertiary/aromatic N) is 2. The number of benzene rings is 2. The second-order valence-electron chi connectivity index (χ2n) is 7.38. The fourth-order valence-electron chi connectivity index (χ4n) is 3.35. The zero-order valence-corrected chi connectivity index (χ0v) is 17.9. The first kappa shape index (κ1) is 22.8. The van der Waals surface area contributed by atoms with Crippen LogP contribution in [-0.4, -0.2) is 15.4 Å². The lowest BCUT2D eigenvalue weighted by atomic mass is 10.1. The van der Waals surface area contributed by atoms with E-state index in [0.717, 1.165) is 17.7 Å². The van der Waals surface area contributed by atoms with Crippen molar-refractivity contribution in [2.24, 2.45) is 0 Å². The number of rotatable bonds is 5. The van der Waals surface area contributed by atoms with E-state index in [0.29, 0.717) is 11.3 Å². The summed E-state index contributed by atoms with van der Waals surface area (Å²) in [5.74, 6) is 0.258. The number of fused-ring (bicyclic) bond motifs is 1. The minimum atomic E-state index is -4.62. The van der Waals surface area contributed by atoms with Gasteiger partial charge in [-0.3, -0.25) is 9.20 Å². The molecule has 2 aromatic heterocycles. The van der Waals surface area contributed by atoms with Crippen molar-refractivity contribution in [1.82, 2.24) is 9.38 Å². The number of aromatic nitrogens is 2. The van der Waals surface area contributed by atoms with Crippen molar-refractivity contribution in [3.63, 3.8) is 0 Å². The van der Waals surface area contributed by atoms with Gasteiger partial charge >= 0.3 is 12.2 Å². The summed E-state index contributed by atoms with van der Waals surface area (Å²) < 4.78 is 46.7. The molecule has 2 heterocycles. The van der Waals surface area contributed by atoms with Crippen molar-refractivity contribution in [1.29, 1.82) is 0 Å². The quantitative estimate of drug-likeness (QED) is 0.419. The minimum Gasteiger partial charge on any atom is -0.485 e. The molecule has 0 atom stereocenters. The van der Waals surface area contributed by atoms with E-state index in [1.165, 1.54) is 28.7 Å². The Morgan fingerprint density at radius 1 is 1.00 bits per heavy atom. The van der Waals surface area contributed by atoms with Crippen LogP contribution in [0.5, 0.6) is 5.75 Å². The van der Waals surface area contributed by atoms with Gasteiger partial charge in [0.1, 0.15) is 18.0 Å². The Balaban J connectivity index is 1.50. The molecule has 34 heavy (non-hydrogen) atoms. The van der Waals surface area contributed by atoms with E-state index in [9.17, 15) is 22.8 Å². The molecule has 2 aromatic carbocycles.